The van der Waals surface area contributed by atoms with Crippen LogP contribution in [0.1, 0.15) is 74.9 Å². The molecule has 0 aliphatic carbocycles. The molecule has 0 aliphatic heterocycles. The van der Waals surface area contributed by atoms with Gasteiger partial charge in [0, 0.05) is 27.6 Å². The van der Waals surface area contributed by atoms with Crippen molar-refractivity contribution in [1.29, 1.82) is 0 Å². The van der Waals surface area contributed by atoms with Crippen molar-refractivity contribution in [1.82, 2.24) is 0 Å². The molecular weight excluding hydrogens is 424 g/mol. The Morgan fingerprint density at radius 2 is 0.629 bits per heavy atom. The molecule has 35 heavy (non-hydrogen) atoms. The SMILES string of the molecule is CC(C)(c1ccc(C(C)(C)c2cccc(N)c2)cc1)c1ccc(C(C)(C)c2cccc(N)c2)cc1. The van der Waals surface area contributed by atoms with Crippen molar-refractivity contribution in [3.63, 3.8) is 0 Å². The first-order valence-corrected chi connectivity index (χ1v) is 12.4. The second-order valence-electron chi connectivity index (χ2n) is 11.3. The van der Waals surface area contributed by atoms with E-state index in [1.54, 1.807) is 0 Å². The van der Waals surface area contributed by atoms with E-state index in [0.29, 0.717) is 0 Å². The fourth-order valence-corrected chi connectivity index (χ4v) is 4.96. The van der Waals surface area contributed by atoms with Crippen LogP contribution in [0.3, 0.4) is 0 Å². The molecule has 0 spiro atoms. The maximum atomic E-state index is 6.05. The van der Waals surface area contributed by atoms with Crippen LogP contribution in [-0.2, 0) is 16.2 Å². The Bertz CT molecular complexity index is 1210. The molecular formula is C33H38N2. The molecule has 0 unspecified atom stereocenters. The van der Waals surface area contributed by atoms with Crippen LogP contribution in [0.2, 0.25) is 0 Å². The van der Waals surface area contributed by atoms with E-state index in [9.17, 15) is 0 Å². The number of anilines is 2. The van der Waals surface area contributed by atoms with Gasteiger partial charge in [-0.1, -0.05) is 114 Å². The fraction of sp³-hybridized carbons (Fsp3) is 0.273. The molecule has 2 heteroatoms. The average Bonchev–Trinajstić information content (AvgIpc) is 2.84. The van der Waals surface area contributed by atoms with Gasteiger partial charge in [-0.05, 0) is 57.6 Å². The molecule has 4 aromatic carbocycles. The summed E-state index contributed by atoms with van der Waals surface area (Å²) >= 11 is 0. The smallest absolute Gasteiger partial charge is 0.0317 e. The topological polar surface area (TPSA) is 52.0 Å². The monoisotopic (exact) mass is 462 g/mol. The lowest BCUT2D eigenvalue weighted by Gasteiger charge is -2.31. The van der Waals surface area contributed by atoms with Crippen molar-refractivity contribution in [2.45, 2.75) is 57.8 Å². The van der Waals surface area contributed by atoms with Crippen LogP contribution in [-0.4, -0.2) is 0 Å². The minimum Gasteiger partial charge on any atom is -0.399 e. The van der Waals surface area contributed by atoms with Gasteiger partial charge in [-0.25, -0.2) is 0 Å². The van der Waals surface area contributed by atoms with E-state index in [-0.39, 0.29) is 16.2 Å². The van der Waals surface area contributed by atoms with Gasteiger partial charge >= 0.3 is 0 Å². The van der Waals surface area contributed by atoms with Crippen molar-refractivity contribution in [2.75, 3.05) is 11.5 Å². The zero-order chi connectivity index (χ0) is 25.4. The van der Waals surface area contributed by atoms with E-state index in [1.165, 1.54) is 33.4 Å². The highest BCUT2D eigenvalue weighted by Crippen LogP contribution is 2.38. The van der Waals surface area contributed by atoms with Gasteiger partial charge in [0.1, 0.15) is 0 Å². The fourth-order valence-electron chi connectivity index (χ4n) is 4.96. The number of nitrogens with two attached hydrogens (primary N) is 2. The summed E-state index contributed by atoms with van der Waals surface area (Å²) < 4.78 is 0. The molecule has 0 radical (unpaired) electrons. The summed E-state index contributed by atoms with van der Waals surface area (Å²) in [7, 11) is 0. The maximum absolute atomic E-state index is 6.05. The molecule has 4 N–H and O–H groups in total. The summed E-state index contributed by atoms with van der Waals surface area (Å²) in [4.78, 5) is 0. The summed E-state index contributed by atoms with van der Waals surface area (Å²) in [5.41, 5.74) is 21.0. The van der Waals surface area contributed by atoms with Gasteiger partial charge in [-0.15, -0.1) is 0 Å². The van der Waals surface area contributed by atoms with Crippen LogP contribution in [0.5, 0.6) is 0 Å². The van der Waals surface area contributed by atoms with Gasteiger partial charge in [-0.3, -0.25) is 0 Å². The average molecular weight is 463 g/mol. The molecule has 0 amide bonds. The van der Waals surface area contributed by atoms with Gasteiger partial charge in [0.05, 0.1) is 0 Å². The third-order valence-corrected chi connectivity index (χ3v) is 7.87. The van der Waals surface area contributed by atoms with Crippen LogP contribution in [0.4, 0.5) is 11.4 Å². The van der Waals surface area contributed by atoms with Gasteiger partial charge in [0.25, 0.3) is 0 Å². The normalized spacial score (nSPS) is 12.5. The molecule has 2 nitrogen and oxygen atoms in total. The molecule has 4 rings (SSSR count). The second kappa shape index (κ2) is 8.92. The third kappa shape index (κ3) is 4.71. The van der Waals surface area contributed by atoms with E-state index in [0.717, 1.165) is 11.4 Å². The number of hydrogen-bond donors (Lipinski definition) is 2. The number of hydrogen-bond acceptors (Lipinski definition) is 2. The minimum atomic E-state index is -0.119. The lowest BCUT2D eigenvalue weighted by Crippen LogP contribution is -2.22. The summed E-state index contributed by atoms with van der Waals surface area (Å²) in [5, 5.41) is 0. The first-order valence-electron chi connectivity index (χ1n) is 12.4. The standard InChI is InChI=1S/C33H38N2/c1-31(2,23-13-17-25(18-14-23)32(3,4)27-9-7-11-29(34)21-27)24-15-19-26(20-16-24)33(5,6)28-10-8-12-30(35)22-28/h7-22H,34-35H2,1-6H3. The van der Waals surface area contributed by atoms with Crippen LogP contribution in [0.25, 0.3) is 0 Å². The van der Waals surface area contributed by atoms with E-state index in [1.807, 2.05) is 24.3 Å². The molecule has 0 bridgehead atoms. The van der Waals surface area contributed by atoms with Crippen molar-refractivity contribution in [3.8, 4) is 0 Å². The van der Waals surface area contributed by atoms with Crippen LogP contribution < -0.4 is 11.5 Å². The lowest BCUT2D eigenvalue weighted by atomic mass is 9.73. The summed E-state index contributed by atoms with van der Waals surface area (Å²) in [6, 6.07) is 34.5. The first kappa shape index (κ1) is 24.6. The molecule has 0 aliphatic rings. The van der Waals surface area contributed by atoms with Crippen molar-refractivity contribution in [3.05, 3.63) is 130 Å². The van der Waals surface area contributed by atoms with Crippen molar-refractivity contribution in [2.24, 2.45) is 0 Å². The summed E-state index contributed by atoms with van der Waals surface area (Å²) in [5.74, 6) is 0. The predicted octanol–water partition coefficient (Wildman–Crippen LogP) is 7.83. The van der Waals surface area contributed by atoms with Crippen molar-refractivity contribution >= 4 is 11.4 Å². The Morgan fingerprint density at radius 1 is 0.371 bits per heavy atom. The molecule has 0 aromatic heterocycles. The third-order valence-electron chi connectivity index (χ3n) is 7.87. The van der Waals surface area contributed by atoms with Gasteiger partial charge in [-0.2, -0.15) is 0 Å². The van der Waals surface area contributed by atoms with E-state index in [4.69, 9.17) is 11.5 Å². The number of benzene rings is 4. The largest absolute Gasteiger partial charge is 0.399 e. The molecule has 0 saturated carbocycles. The number of nitrogen functional groups attached to an aromatic ring is 2. The highest BCUT2D eigenvalue weighted by atomic mass is 14.5. The first-order chi connectivity index (χ1) is 16.4. The molecule has 0 saturated heterocycles. The van der Waals surface area contributed by atoms with Gasteiger partial charge in [0.2, 0.25) is 0 Å². The predicted molar refractivity (Wildman–Crippen MR) is 151 cm³/mol. The minimum absolute atomic E-state index is 0.111. The quantitative estimate of drug-likeness (QED) is 0.287. The van der Waals surface area contributed by atoms with Crippen LogP contribution in [0.15, 0.2) is 97.1 Å². The lowest BCUT2D eigenvalue weighted by molar-refractivity contribution is 0.621. The summed E-state index contributed by atoms with van der Waals surface area (Å²) in [6.45, 7) is 13.6. The maximum Gasteiger partial charge on any atom is 0.0317 e. The zero-order valence-corrected chi connectivity index (χ0v) is 21.9. The second-order valence-corrected chi connectivity index (χ2v) is 11.3. The zero-order valence-electron chi connectivity index (χ0n) is 21.9. The van der Waals surface area contributed by atoms with E-state index in [2.05, 4.69) is 114 Å². The van der Waals surface area contributed by atoms with Crippen LogP contribution in [0, 0.1) is 0 Å². The van der Waals surface area contributed by atoms with Crippen molar-refractivity contribution < 1.29 is 0 Å². The Hall–Kier alpha value is -3.52. The molecule has 4 aromatic rings. The van der Waals surface area contributed by atoms with Gasteiger partial charge < -0.3 is 11.5 Å². The molecule has 0 heterocycles. The Kier molecular flexibility index (Phi) is 6.27. The summed E-state index contributed by atoms with van der Waals surface area (Å²) in [6.07, 6.45) is 0. The Labute approximate surface area is 211 Å². The van der Waals surface area contributed by atoms with Crippen LogP contribution >= 0.6 is 0 Å². The highest BCUT2D eigenvalue weighted by molar-refractivity contribution is 5.50. The molecule has 0 fully saturated rings. The van der Waals surface area contributed by atoms with Gasteiger partial charge in [0.15, 0.2) is 0 Å². The highest BCUT2D eigenvalue weighted by Gasteiger charge is 2.28. The molecule has 180 valence electrons. The number of rotatable bonds is 6. The van der Waals surface area contributed by atoms with E-state index >= 15 is 0 Å². The Balaban J connectivity index is 1.60. The molecule has 0 atom stereocenters. The van der Waals surface area contributed by atoms with E-state index < -0.39 is 0 Å². The Morgan fingerprint density at radius 3 is 0.886 bits per heavy atom.